The van der Waals surface area contributed by atoms with Gasteiger partial charge >= 0.3 is 5.97 Å². The Balaban J connectivity index is 1.96. The van der Waals surface area contributed by atoms with Crippen LogP contribution in [0.15, 0.2) is 54.6 Å². The van der Waals surface area contributed by atoms with Gasteiger partial charge in [-0.1, -0.05) is 53.6 Å². The van der Waals surface area contributed by atoms with Gasteiger partial charge in [0.2, 0.25) is 5.78 Å². The first-order valence-corrected chi connectivity index (χ1v) is 7.58. The topological polar surface area (TPSA) is 43.4 Å². The molecule has 2 aromatic carbocycles. The third kappa shape index (κ3) is 5.08. The fraction of sp³-hybridized carbons (Fsp3) is 0.158. The molecule has 0 aliphatic rings. The monoisotopic (exact) mass is 328 g/mol. The predicted octanol–water partition coefficient (Wildman–Crippen LogP) is 4.48. The van der Waals surface area contributed by atoms with E-state index >= 15 is 0 Å². The van der Waals surface area contributed by atoms with E-state index in [-0.39, 0.29) is 5.78 Å². The zero-order valence-electron chi connectivity index (χ0n) is 13.0. The molecular formula is C19H17ClO3. The Bertz CT molecular complexity index is 733. The Morgan fingerprint density at radius 1 is 1.13 bits per heavy atom. The number of aryl methyl sites for hydroxylation is 1. The molecule has 0 amide bonds. The lowest BCUT2D eigenvalue weighted by molar-refractivity contribution is -0.140. The lowest BCUT2D eigenvalue weighted by atomic mass is 10.1. The zero-order valence-corrected chi connectivity index (χ0v) is 13.7. The van der Waals surface area contributed by atoms with Gasteiger partial charge in [0.05, 0.1) is 0 Å². The maximum Gasteiger partial charge on any atom is 0.331 e. The van der Waals surface area contributed by atoms with Crippen LogP contribution in [-0.2, 0) is 9.53 Å². The van der Waals surface area contributed by atoms with Gasteiger partial charge in [0.1, 0.15) is 0 Å². The predicted molar refractivity (Wildman–Crippen MR) is 91.5 cm³/mol. The van der Waals surface area contributed by atoms with E-state index in [0.717, 1.165) is 11.1 Å². The van der Waals surface area contributed by atoms with E-state index in [1.165, 1.54) is 6.08 Å². The second kappa shape index (κ2) is 7.75. The largest absolute Gasteiger partial charge is 0.451 e. The summed E-state index contributed by atoms with van der Waals surface area (Å²) in [6.45, 7) is 3.51. The summed E-state index contributed by atoms with van der Waals surface area (Å²) in [6.07, 6.45) is 2.04. The Morgan fingerprint density at radius 3 is 2.48 bits per heavy atom. The lowest BCUT2D eigenvalue weighted by Crippen LogP contribution is -2.23. The van der Waals surface area contributed by atoms with Gasteiger partial charge in [0.15, 0.2) is 6.10 Å². The molecule has 0 unspecified atom stereocenters. The molecule has 3 nitrogen and oxygen atoms in total. The van der Waals surface area contributed by atoms with Crippen LogP contribution in [0.25, 0.3) is 6.08 Å². The molecule has 4 heteroatoms. The van der Waals surface area contributed by atoms with Crippen LogP contribution in [0.1, 0.15) is 28.4 Å². The van der Waals surface area contributed by atoms with Crippen molar-refractivity contribution in [2.24, 2.45) is 0 Å². The van der Waals surface area contributed by atoms with Crippen LogP contribution < -0.4 is 0 Å². The van der Waals surface area contributed by atoms with E-state index in [1.807, 2.05) is 25.1 Å². The Morgan fingerprint density at radius 2 is 1.83 bits per heavy atom. The fourth-order valence-corrected chi connectivity index (χ4v) is 2.19. The molecule has 118 valence electrons. The van der Waals surface area contributed by atoms with Gasteiger partial charge in [0, 0.05) is 16.7 Å². The molecule has 0 aliphatic heterocycles. The highest BCUT2D eigenvalue weighted by atomic mass is 35.5. The van der Waals surface area contributed by atoms with Crippen LogP contribution in [0, 0.1) is 6.92 Å². The first kappa shape index (κ1) is 17.0. The van der Waals surface area contributed by atoms with E-state index in [4.69, 9.17) is 16.3 Å². The van der Waals surface area contributed by atoms with Crippen LogP contribution in [0.5, 0.6) is 0 Å². The van der Waals surface area contributed by atoms with E-state index in [9.17, 15) is 9.59 Å². The quantitative estimate of drug-likeness (QED) is 0.462. The van der Waals surface area contributed by atoms with Gasteiger partial charge in [-0.25, -0.2) is 4.79 Å². The van der Waals surface area contributed by atoms with Crippen molar-refractivity contribution in [1.29, 1.82) is 0 Å². The van der Waals surface area contributed by atoms with Crippen LogP contribution >= 0.6 is 11.6 Å². The molecule has 0 aromatic heterocycles. The summed E-state index contributed by atoms with van der Waals surface area (Å²) in [4.78, 5) is 24.0. The van der Waals surface area contributed by atoms with Crippen LogP contribution in [0.2, 0.25) is 5.02 Å². The second-order valence-electron chi connectivity index (χ2n) is 5.20. The lowest BCUT2D eigenvalue weighted by Gasteiger charge is -2.11. The van der Waals surface area contributed by atoms with Crippen molar-refractivity contribution in [3.63, 3.8) is 0 Å². The number of carbonyl (C=O) groups is 2. The molecule has 0 heterocycles. The van der Waals surface area contributed by atoms with Crippen molar-refractivity contribution in [3.8, 4) is 0 Å². The van der Waals surface area contributed by atoms with Crippen molar-refractivity contribution < 1.29 is 14.3 Å². The maximum atomic E-state index is 12.2. The van der Waals surface area contributed by atoms with Gasteiger partial charge in [-0.3, -0.25) is 4.79 Å². The molecule has 0 radical (unpaired) electrons. The minimum atomic E-state index is -0.839. The minimum Gasteiger partial charge on any atom is -0.451 e. The number of ketones is 1. The molecule has 0 spiro atoms. The van der Waals surface area contributed by atoms with Crippen LogP contribution in [-0.4, -0.2) is 17.9 Å². The Hall–Kier alpha value is -2.39. The number of halogens is 1. The van der Waals surface area contributed by atoms with Gasteiger partial charge in [-0.2, -0.15) is 0 Å². The van der Waals surface area contributed by atoms with Crippen molar-refractivity contribution in [2.75, 3.05) is 0 Å². The number of esters is 1. The summed E-state index contributed by atoms with van der Waals surface area (Å²) < 4.78 is 5.14. The van der Waals surface area contributed by atoms with Crippen LogP contribution in [0.4, 0.5) is 0 Å². The number of hydrogen-bond acceptors (Lipinski definition) is 3. The molecule has 0 saturated carbocycles. The number of hydrogen-bond donors (Lipinski definition) is 0. The number of carbonyl (C=O) groups excluding carboxylic acids is 2. The van der Waals surface area contributed by atoms with Gasteiger partial charge in [0.25, 0.3) is 0 Å². The van der Waals surface area contributed by atoms with Crippen molar-refractivity contribution in [2.45, 2.75) is 20.0 Å². The molecule has 0 N–H and O–H groups in total. The fourth-order valence-electron chi connectivity index (χ4n) is 1.99. The molecule has 0 saturated heterocycles. The summed E-state index contributed by atoms with van der Waals surface area (Å²) in [5.74, 6) is -0.799. The minimum absolute atomic E-state index is 0.227. The van der Waals surface area contributed by atoms with Crippen molar-refractivity contribution >= 4 is 29.4 Å². The van der Waals surface area contributed by atoms with Gasteiger partial charge in [-0.05, 0) is 37.6 Å². The van der Waals surface area contributed by atoms with Crippen molar-refractivity contribution in [3.05, 3.63) is 76.3 Å². The Labute approximate surface area is 140 Å². The molecule has 0 aliphatic carbocycles. The summed E-state index contributed by atoms with van der Waals surface area (Å²) in [5.41, 5.74) is 2.37. The van der Waals surface area contributed by atoms with E-state index in [1.54, 1.807) is 43.3 Å². The highest BCUT2D eigenvalue weighted by molar-refractivity contribution is 6.30. The van der Waals surface area contributed by atoms with E-state index in [0.29, 0.717) is 10.6 Å². The summed E-state index contributed by atoms with van der Waals surface area (Å²) in [7, 11) is 0. The molecule has 23 heavy (non-hydrogen) atoms. The average molecular weight is 329 g/mol. The van der Waals surface area contributed by atoms with Crippen LogP contribution in [0.3, 0.4) is 0 Å². The smallest absolute Gasteiger partial charge is 0.331 e. The van der Waals surface area contributed by atoms with Gasteiger partial charge < -0.3 is 4.74 Å². The third-order valence-corrected chi connectivity index (χ3v) is 3.49. The zero-order chi connectivity index (χ0) is 16.8. The first-order valence-electron chi connectivity index (χ1n) is 7.21. The SMILES string of the molecule is Cc1ccc(C(=O)[C@H](C)OC(=O)/C=C/c2cccc(Cl)c2)cc1. The summed E-state index contributed by atoms with van der Waals surface area (Å²) >= 11 is 5.87. The highest BCUT2D eigenvalue weighted by Crippen LogP contribution is 2.12. The molecule has 2 rings (SSSR count). The van der Waals surface area contributed by atoms with Crippen molar-refractivity contribution in [1.82, 2.24) is 0 Å². The second-order valence-corrected chi connectivity index (χ2v) is 5.63. The third-order valence-electron chi connectivity index (χ3n) is 3.26. The maximum absolute atomic E-state index is 12.2. The highest BCUT2D eigenvalue weighted by Gasteiger charge is 2.18. The average Bonchev–Trinajstić information content (AvgIpc) is 2.53. The standard InChI is InChI=1S/C19H17ClO3/c1-13-6-9-16(10-7-13)19(22)14(2)23-18(21)11-8-15-4-3-5-17(20)12-15/h3-12,14H,1-2H3/b11-8+/t14-/m0/s1. The number of ether oxygens (including phenoxy) is 1. The number of Topliss-reactive ketones (excluding diaryl/α,β-unsaturated/α-hetero) is 1. The molecule has 0 bridgehead atoms. The molecule has 0 fully saturated rings. The Kier molecular flexibility index (Phi) is 5.72. The normalized spacial score (nSPS) is 12.1. The molecular weight excluding hydrogens is 312 g/mol. The number of rotatable bonds is 5. The van der Waals surface area contributed by atoms with Gasteiger partial charge in [-0.15, -0.1) is 0 Å². The number of benzene rings is 2. The summed E-state index contributed by atoms with van der Waals surface area (Å²) in [5, 5.41) is 0.587. The van der Waals surface area contributed by atoms with E-state index in [2.05, 4.69) is 0 Å². The first-order chi connectivity index (χ1) is 11.0. The van der Waals surface area contributed by atoms with E-state index < -0.39 is 12.1 Å². The molecule has 1 atom stereocenters. The summed E-state index contributed by atoms with van der Waals surface area (Å²) in [6, 6.07) is 14.2. The molecule has 2 aromatic rings.